The van der Waals surface area contributed by atoms with Crippen LogP contribution in [-0.2, 0) is 10.3 Å². The molecule has 3 rings (SSSR count). The van der Waals surface area contributed by atoms with E-state index >= 15 is 0 Å². The summed E-state index contributed by atoms with van der Waals surface area (Å²) >= 11 is 0. The van der Waals surface area contributed by atoms with Crippen molar-refractivity contribution < 1.29 is 4.74 Å². The van der Waals surface area contributed by atoms with Gasteiger partial charge in [0.05, 0.1) is 18.8 Å². The molecule has 1 aliphatic carbocycles. The minimum Gasteiger partial charge on any atom is -0.380 e. The van der Waals surface area contributed by atoms with Crippen LogP contribution >= 0.6 is 0 Å². The Balaban J connectivity index is 1.76. The van der Waals surface area contributed by atoms with E-state index in [9.17, 15) is 0 Å². The van der Waals surface area contributed by atoms with E-state index in [0.29, 0.717) is 11.3 Å². The fourth-order valence-corrected chi connectivity index (χ4v) is 2.93. The lowest BCUT2D eigenvalue weighted by molar-refractivity contribution is -0.189. The Morgan fingerprint density at radius 1 is 1.24 bits per heavy atom. The molecule has 0 bridgehead atoms. The summed E-state index contributed by atoms with van der Waals surface area (Å²) in [4.78, 5) is 8.88. The molecule has 0 aromatic carbocycles. The van der Waals surface area contributed by atoms with Gasteiger partial charge in [0.2, 0.25) is 0 Å². The molecule has 2 heterocycles. The van der Waals surface area contributed by atoms with Gasteiger partial charge in [-0.05, 0) is 24.3 Å². The predicted molar refractivity (Wildman–Crippen MR) is 64.5 cm³/mol. The molecule has 4 heteroatoms. The quantitative estimate of drug-likeness (QED) is 0.842. The van der Waals surface area contributed by atoms with E-state index in [0.717, 1.165) is 31.9 Å². The first kappa shape index (κ1) is 11.1. The number of hydrogen-bond acceptors (Lipinski definition) is 4. The molecule has 4 nitrogen and oxygen atoms in total. The van der Waals surface area contributed by atoms with Gasteiger partial charge in [-0.15, -0.1) is 0 Å². The van der Waals surface area contributed by atoms with E-state index in [-0.39, 0.29) is 5.54 Å². The lowest BCUT2D eigenvalue weighted by Crippen LogP contribution is -2.64. The van der Waals surface area contributed by atoms with Gasteiger partial charge in [0.25, 0.3) is 0 Å². The van der Waals surface area contributed by atoms with Crippen LogP contribution in [0.2, 0.25) is 0 Å². The number of aromatic nitrogens is 2. The highest BCUT2D eigenvalue weighted by molar-refractivity contribution is 5.20. The molecule has 1 aromatic heterocycles. The summed E-state index contributed by atoms with van der Waals surface area (Å²) in [5, 5.41) is 0. The van der Waals surface area contributed by atoms with Gasteiger partial charge in [-0.3, -0.25) is 0 Å². The molecule has 0 atom stereocenters. The summed E-state index contributed by atoms with van der Waals surface area (Å²) in [6.07, 6.45) is 5.73. The van der Waals surface area contributed by atoms with E-state index in [1.807, 2.05) is 12.4 Å². The van der Waals surface area contributed by atoms with E-state index < -0.39 is 0 Å². The van der Waals surface area contributed by atoms with Gasteiger partial charge in [-0.1, -0.05) is 13.8 Å². The molecule has 0 unspecified atom stereocenters. The van der Waals surface area contributed by atoms with Gasteiger partial charge >= 0.3 is 0 Å². The van der Waals surface area contributed by atoms with Crippen molar-refractivity contribution in [2.75, 3.05) is 13.2 Å². The number of nitrogens with zero attached hydrogens (tertiary/aromatic N) is 2. The Hall–Kier alpha value is -1.00. The second kappa shape index (κ2) is 3.50. The second-order valence-corrected chi connectivity index (χ2v) is 6.00. The molecule has 0 radical (unpaired) electrons. The van der Waals surface area contributed by atoms with Crippen molar-refractivity contribution in [2.24, 2.45) is 11.1 Å². The largest absolute Gasteiger partial charge is 0.380 e. The lowest BCUT2D eigenvalue weighted by Gasteiger charge is -2.57. The Labute approximate surface area is 102 Å². The topological polar surface area (TPSA) is 61.0 Å². The van der Waals surface area contributed by atoms with Crippen LogP contribution in [0.1, 0.15) is 44.0 Å². The van der Waals surface area contributed by atoms with Crippen molar-refractivity contribution in [1.82, 2.24) is 9.97 Å². The normalized spacial score (nSPS) is 24.5. The summed E-state index contributed by atoms with van der Waals surface area (Å²) in [5.41, 5.74) is 7.54. The van der Waals surface area contributed by atoms with Crippen molar-refractivity contribution in [3.63, 3.8) is 0 Å². The van der Waals surface area contributed by atoms with Gasteiger partial charge in [0, 0.05) is 17.8 Å². The Morgan fingerprint density at radius 2 is 1.82 bits per heavy atom. The monoisotopic (exact) mass is 233 g/mol. The minimum atomic E-state index is -0.320. The van der Waals surface area contributed by atoms with Crippen LogP contribution in [0.25, 0.3) is 0 Å². The molecule has 2 aliphatic rings. The maximum atomic E-state index is 6.35. The summed E-state index contributed by atoms with van der Waals surface area (Å²) in [6, 6.07) is 0. The Kier molecular flexibility index (Phi) is 2.28. The molecule has 0 amide bonds. The summed E-state index contributed by atoms with van der Waals surface area (Å²) in [6.45, 7) is 5.99. The van der Waals surface area contributed by atoms with Gasteiger partial charge in [-0.25, -0.2) is 9.97 Å². The number of hydrogen-bond donors (Lipinski definition) is 1. The van der Waals surface area contributed by atoms with Crippen LogP contribution in [0.3, 0.4) is 0 Å². The van der Waals surface area contributed by atoms with E-state index in [1.165, 1.54) is 5.56 Å². The lowest BCUT2D eigenvalue weighted by atomic mass is 9.56. The zero-order valence-corrected chi connectivity index (χ0v) is 10.4. The highest BCUT2D eigenvalue weighted by atomic mass is 16.5. The number of ether oxygens (including phenoxy) is 1. The van der Waals surface area contributed by atoms with Crippen molar-refractivity contribution >= 4 is 0 Å². The van der Waals surface area contributed by atoms with Gasteiger partial charge < -0.3 is 10.5 Å². The summed E-state index contributed by atoms with van der Waals surface area (Å²) in [5.74, 6) is 1.25. The van der Waals surface area contributed by atoms with Crippen molar-refractivity contribution in [3.05, 3.63) is 23.8 Å². The van der Waals surface area contributed by atoms with Crippen LogP contribution < -0.4 is 5.73 Å². The first-order valence-corrected chi connectivity index (χ1v) is 6.22. The standard InChI is InChI=1S/C13H19N3O/c1-9(2)10-3-15-11(16-4-10)13(14)5-12(6-13)7-17-8-12/h3-4,9H,5-8,14H2,1-2H3. The predicted octanol–water partition coefficient (Wildman–Crippen LogP) is 1.56. The fraction of sp³-hybridized carbons (Fsp3) is 0.692. The van der Waals surface area contributed by atoms with Crippen molar-refractivity contribution in [1.29, 1.82) is 0 Å². The highest BCUT2D eigenvalue weighted by Crippen LogP contribution is 2.55. The Morgan fingerprint density at radius 3 is 2.24 bits per heavy atom. The van der Waals surface area contributed by atoms with Crippen LogP contribution in [-0.4, -0.2) is 23.2 Å². The molecular formula is C13H19N3O. The van der Waals surface area contributed by atoms with Crippen LogP contribution in [0.15, 0.2) is 12.4 Å². The third-order valence-corrected chi connectivity index (χ3v) is 3.98. The molecule has 1 saturated heterocycles. The van der Waals surface area contributed by atoms with E-state index in [2.05, 4.69) is 23.8 Å². The molecular weight excluding hydrogens is 214 g/mol. The van der Waals surface area contributed by atoms with Crippen molar-refractivity contribution in [2.45, 2.75) is 38.1 Å². The maximum absolute atomic E-state index is 6.35. The Bertz CT molecular complexity index is 415. The smallest absolute Gasteiger partial charge is 0.148 e. The SMILES string of the molecule is CC(C)c1cnc(C2(N)CC3(COC3)C2)nc1. The molecule has 2 N–H and O–H groups in total. The van der Waals surface area contributed by atoms with E-state index in [1.54, 1.807) is 0 Å². The van der Waals surface area contributed by atoms with Crippen LogP contribution in [0.4, 0.5) is 0 Å². The minimum absolute atomic E-state index is 0.320. The zero-order valence-electron chi connectivity index (χ0n) is 10.4. The highest BCUT2D eigenvalue weighted by Gasteiger charge is 2.58. The first-order valence-electron chi connectivity index (χ1n) is 6.22. The first-order chi connectivity index (χ1) is 8.03. The molecule has 92 valence electrons. The van der Waals surface area contributed by atoms with Gasteiger partial charge in [0.15, 0.2) is 0 Å². The van der Waals surface area contributed by atoms with Crippen LogP contribution in [0, 0.1) is 5.41 Å². The molecule has 17 heavy (non-hydrogen) atoms. The summed E-state index contributed by atoms with van der Waals surface area (Å²) in [7, 11) is 0. The van der Waals surface area contributed by atoms with E-state index in [4.69, 9.17) is 10.5 Å². The second-order valence-electron chi connectivity index (χ2n) is 6.00. The molecule has 1 aliphatic heterocycles. The molecule has 2 fully saturated rings. The van der Waals surface area contributed by atoms with Crippen LogP contribution in [0.5, 0.6) is 0 Å². The molecule has 1 spiro atoms. The van der Waals surface area contributed by atoms with Crippen molar-refractivity contribution in [3.8, 4) is 0 Å². The molecule has 1 aromatic rings. The summed E-state index contributed by atoms with van der Waals surface area (Å²) < 4.78 is 5.26. The number of rotatable bonds is 2. The fourth-order valence-electron chi connectivity index (χ4n) is 2.93. The zero-order chi connectivity index (χ0) is 12.1. The number of nitrogens with two attached hydrogens (primary N) is 1. The maximum Gasteiger partial charge on any atom is 0.148 e. The van der Waals surface area contributed by atoms with Gasteiger partial charge in [-0.2, -0.15) is 0 Å². The van der Waals surface area contributed by atoms with Gasteiger partial charge in [0.1, 0.15) is 5.82 Å². The molecule has 1 saturated carbocycles. The average molecular weight is 233 g/mol. The average Bonchev–Trinajstić information content (AvgIpc) is 2.22. The third kappa shape index (κ3) is 1.67. The third-order valence-electron chi connectivity index (χ3n) is 3.98.